The smallest absolute Gasteiger partial charge is 0.318 e. The molecular formula is C11H18O4. The molecule has 1 heterocycles. The number of ether oxygens (including phenoxy) is 2. The van der Waals surface area contributed by atoms with Crippen LogP contribution in [-0.4, -0.2) is 25.7 Å². The van der Waals surface area contributed by atoms with Crippen LogP contribution in [0.5, 0.6) is 0 Å². The molecule has 1 saturated heterocycles. The number of cyclic esters (lactones) is 2. The first-order chi connectivity index (χ1) is 6.88. The van der Waals surface area contributed by atoms with Gasteiger partial charge in [0.2, 0.25) is 0 Å². The summed E-state index contributed by atoms with van der Waals surface area (Å²) >= 11 is 0. The third-order valence-electron chi connectivity index (χ3n) is 2.73. The van der Waals surface area contributed by atoms with Gasteiger partial charge in [0, 0.05) is 13.7 Å². The maximum Gasteiger partial charge on any atom is 0.318 e. The Morgan fingerprint density at radius 2 is 1.87 bits per heavy atom. The second-order valence-electron chi connectivity index (χ2n) is 4.97. The van der Waals surface area contributed by atoms with E-state index in [9.17, 15) is 9.59 Å². The van der Waals surface area contributed by atoms with Crippen LogP contribution < -0.4 is 0 Å². The van der Waals surface area contributed by atoms with Gasteiger partial charge in [0.05, 0.1) is 11.8 Å². The molecular weight excluding hydrogens is 196 g/mol. The van der Waals surface area contributed by atoms with E-state index in [0.717, 1.165) is 0 Å². The van der Waals surface area contributed by atoms with E-state index in [1.165, 1.54) is 0 Å². The van der Waals surface area contributed by atoms with Crippen molar-refractivity contribution in [1.82, 2.24) is 0 Å². The molecule has 1 rings (SSSR count). The Balaban J connectivity index is 2.81. The molecule has 0 radical (unpaired) electrons. The van der Waals surface area contributed by atoms with E-state index >= 15 is 0 Å². The molecule has 0 aromatic heterocycles. The molecule has 0 N–H and O–H groups in total. The third-order valence-corrected chi connectivity index (χ3v) is 2.73. The van der Waals surface area contributed by atoms with Crippen molar-refractivity contribution in [1.29, 1.82) is 0 Å². The zero-order chi connectivity index (χ0) is 11.6. The van der Waals surface area contributed by atoms with Crippen LogP contribution in [0.2, 0.25) is 0 Å². The summed E-state index contributed by atoms with van der Waals surface area (Å²) < 4.78 is 9.61. The summed E-state index contributed by atoms with van der Waals surface area (Å²) in [6, 6.07) is 0. The Kier molecular flexibility index (Phi) is 3.50. The molecule has 1 fully saturated rings. The monoisotopic (exact) mass is 214 g/mol. The van der Waals surface area contributed by atoms with Crippen LogP contribution in [0.4, 0.5) is 0 Å². The van der Waals surface area contributed by atoms with E-state index < -0.39 is 11.9 Å². The van der Waals surface area contributed by atoms with Crippen molar-refractivity contribution in [3.8, 4) is 0 Å². The zero-order valence-electron chi connectivity index (χ0n) is 9.70. The Morgan fingerprint density at radius 1 is 1.27 bits per heavy atom. The number of carbonyl (C=O) groups excluding carboxylic acids is 2. The van der Waals surface area contributed by atoms with Gasteiger partial charge in [0.1, 0.15) is 0 Å². The predicted molar refractivity (Wildman–Crippen MR) is 54.0 cm³/mol. The summed E-state index contributed by atoms with van der Waals surface area (Å²) in [4.78, 5) is 23.0. The minimum absolute atomic E-state index is 0.248. The minimum Gasteiger partial charge on any atom is -0.393 e. The first-order valence-corrected chi connectivity index (χ1v) is 5.12. The lowest BCUT2D eigenvalue weighted by atomic mass is 9.73. The maximum atomic E-state index is 11.5. The lowest BCUT2D eigenvalue weighted by molar-refractivity contribution is -0.154. The fourth-order valence-corrected chi connectivity index (χ4v) is 2.03. The van der Waals surface area contributed by atoms with E-state index in [1.54, 1.807) is 7.11 Å². The molecule has 1 aliphatic rings. The lowest BCUT2D eigenvalue weighted by Crippen LogP contribution is -2.31. The number of carbonyl (C=O) groups is 2. The predicted octanol–water partition coefficient (Wildman–Crippen LogP) is 1.38. The SMILES string of the molecule is COCCC1C(=O)OC(=O)C1C(C)(C)C. The quantitative estimate of drug-likeness (QED) is 0.526. The van der Waals surface area contributed by atoms with Crippen molar-refractivity contribution in [2.45, 2.75) is 27.2 Å². The van der Waals surface area contributed by atoms with Crippen LogP contribution >= 0.6 is 0 Å². The molecule has 2 unspecified atom stereocenters. The van der Waals surface area contributed by atoms with Crippen molar-refractivity contribution < 1.29 is 19.1 Å². The van der Waals surface area contributed by atoms with Gasteiger partial charge in [-0.05, 0) is 11.8 Å². The van der Waals surface area contributed by atoms with Gasteiger partial charge in [-0.3, -0.25) is 9.59 Å². The Hall–Kier alpha value is -0.900. The molecule has 0 saturated carbocycles. The summed E-state index contributed by atoms with van der Waals surface area (Å²) in [5, 5.41) is 0. The van der Waals surface area contributed by atoms with E-state index in [0.29, 0.717) is 13.0 Å². The molecule has 15 heavy (non-hydrogen) atoms. The first kappa shape index (κ1) is 12.2. The standard InChI is InChI=1S/C11H18O4/c1-11(2,3)8-7(5-6-14-4)9(12)15-10(8)13/h7-8H,5-6H2,1-4H3. The highest BCUT2D eigenvalue weighted by molar-refractivity contribution is 5.96. The highest BCUT2D eigenvalue weighted by atomic mass is 16.6. The van der Waals surface area contributed by atoms with Gasteiger partial charge in [0.25, 0.3) is 0 Å². The molecule has 0 bridgehead atoms. The highest BCUT2D eigenvalue weighted by Crippen LogP contribution is 2.39. The Morgan fingerprint density at radius 3 is 2.33 bits per heavy atom. The van der Waals surface area contributed by atoms with E-state index in [2.05, 4.69) is 4.74 Å². The van der Waals surface area contributed by atoms with Crippen LogP contribution in [0.1, 0.15) is 27.2 Å². The normalized spacial score (nSPS) is 26.9. The van der Waals surface area contributed by atoms with Crippen molar-refractivity contribution in [3.05, 3.63) is 0 Å². The van der Waals surface area contributed by atoms with E-state index in [4.69, 9.17) is 4.74 Å². The molecule has 86 valence electrons. The lowest BCUT2D eigenvalue weighted by Gasteiger charge is -2.26. The maximum absolute atomic E-state index is 11.5. The number of hydrogen-bond donors (Lipinski definition) is 0. The van der Waals surface area contributed by atoms with Crippen LogP contribution in [0.3, 0.4) is 0 Å². The first-order valence-electron chi connectivity index (χ1n) is 5.12. The molecule has 4 nitrogen and oxygen atoms in total. The van der Waals surface area contributed by atoms with Gasteiger partial charge >= 0.3 is 11.9 Å². The summed E-state index contributed by atoms with van der Waals surface area (Å²) in [6.07, 6.45) is 0.545. The molecule has 0 spiro atoms. The van der Waals surface area contributed by atoms with Crippen molar-refractivity contribution in [2.75, 3.05) is 13.7 Å². The van der Waals surface area contributed by atoms with E-state index in [1.807, 2.05) is 20.8 Å². The van der Waals surface area contributed by atoms with Crippen molar-refractivity contribution in [2.24, 2.45) is 17.3 Å². The van der Waals surface area contributed by atoms with Gasteiger partial charge in [-0.2, -0.15) is 0 Å². The number of esters is 2. The van der Waals surface area contributed by atoms with Crippen LogP contribution in [0.15, 0.2) is 0 Å². The topological polar surface area (TPSA) is 52.6 Å². The van der Waals surface area contributed by atoms with Gasteiger partial charge in [0.15, 0.2) is 0 Å². The summed E-state index contributed by atoms with van der Waals surface area (Å²) in [7, 11) is 1.58. The molecule has 0 aliphatic carbocycles. The summed E-state index contributed by atoms with van der Waals surface area (Å²) in [5.74, 6) is -1.50. The van der Waals surface area contributed by atoms with Crippen LogP contribution in [0.25, 0.3) is 0 Å². The molecule has 0 aromatic rings. The van der Waals surface area contributed by atoms with Crippen molar-refractivity contribution >= 4 is 11.9 Å². The van der Waals surface area contributed by atoms with Gasteiger partial charge in [-0.15, -0.1) is 0 Å². The fourth-order valence-electron chi connectivity index (χ4n) is 2.03. The number of rotatable bonds is 3. The molecule has 0 amide bonds. The third kappa shape index (κ3) is 2.56. The van der Waals surface area contributed by atoms with Crippen molar-refractivity contribution in [3.63, 3.8) is 0 Å². The van der Waals surface area contributed by atoms with Gasteiger partial charge in [-0.1, -0.05) is 20.8 Å². The second kappa shape index (κ2) is 4.31. The van der Waals surface area contributed by atoms with E-state index in [-0.39, 0.29) is 17.3 Å². The van der Waals surface area contributed by atoms with Crippen LogP contribution in [-0.2, 0) is 19.1 Å². The second-order valence-corrected chi connectivity index (χ2v) is 4.97. The molecule has 1 aliphatic heterocycles. The molecule has 4 heteroatoms. The average Bonchev–Trinajstić information content (AvgIpc) is 2.36. The van der Waals surface area contributed by atoms with Gasteiger partial charge < -0.3 is 9.47 Å². The fraction of sp³-hybridized carbons (Fsp3) is 0.818. The summed E-state index contributed by atoms with van der Waals surface area (Å²) in [6.45, 7) is 6.30. The van der Waals surface area contributed by atoms with Gasteiger partial charge in [-0.25, -0.2) is 0 Å². The number of hydrogen-bond acceptors (Lipinski definition) is 4. The highest BCUT2D eigenvalue weighted by Gasteiger charge is 2.49. The average molecular weight is 214 g/mol. The minimum atomic E-state index is -0.406. The Bertz CT molecular complexity index is 264. The summed E-state index contributed by atoms with van der Waals surface area (Å²) in [5.41, 5.74) is -0.248. The zero-order valence-corrected chi connectivity index (χ0v) is 9.70. The van der Waals surface area contributed by atoms with Crippen LogP contribution in [0, 0.1) is 17.3 Å². The number of methoxy groups -OCH3 is 1. The molecule has 0 aromatic carbocycles. The molecule has 2 atom stereocenters. The largest absolute Gasteiger partial charge is 0.393 e. The Labute approximate surface area is 89.9 Å².